The molecule has 1 aromatic carbocycles. The molecule has 1 fully saturated rings. The summed E-state index contributed by atoms with van der Waals surface area (Å²) in [5.41, 5.74) is 0.887. The molecule has 2 aromatic rings. The van der Waals surface area contributed by atoms with E-state index >= 15 is 0 Å². The van der Waals surface area contributed by atoms with Gasteiger partial charge in [-0.25, -0.2) is 4.68 Å². The molecule has 0 spiro atoms. The first-order valence-electron chi connectivity index (χ1n) is 8.09. The first-order chi connectivity index (χ1) is 11.7. The van der Waals surface area contributed by atoms with Crippen LogP contribution >= 0.6 is 0 Å². The number of anilines is 1. The summed E-state index contributed by atoms with van der Waals surface area (Å²) in [7, 11) is 0. The van der Waals surface area contributed by atoms with Crippen LogP contribution in [0, 0.1) is 17.2 Å². The van der Waals surface area contributed by atoms with E-state index in [1.807, 2.05) is 29.0 Å². The predicted octanol–water partition coefficient (Wildman–Crippen LogP) is 2.94. The minimum absolute atomic E-state index is 0.0169. The quantitative estimate of drug-likeness (QED) is 0.849. The molecule has 1 atom stereocenters. The minimum Gasteiger partial charge on any atom is -0.479 e. The molecule has 0 saturated heterocycles. The van der Waals surface area contributed by atoms with Gasteiger partial charge in [0.2, 0.25) is 5.91 Å². The maximum Gasteiger partial charge on any atom is 0.229 e. The smallest absolute Gasteiger partial charge is 0.229 e. The van der Waals surface area contributed by atoms with Crippen LogP contribution in [0.4, 0.5) is 5.82 Å². The first-order valence-corrected chi connectivity index (χ1v) is 8.09. The molecule has 1 N–H and O–H groups in total. The lowest BCUT2D eigenvalue weighted by molar-refractivity contribution is -0.115. The van der Waals surface area contributed by atoms with Crippen molar-refractivity contribution in [2.75, 3.05) is 11.9 Å². The van der Waals surface area contributed by atoms with E-state index in [0.29, 0.717) is 17.7 Å². The van der Waals surface area contributed by atoms with Gasteiger partial charge in [0.15, 0.2) is 6.61 Å². The van der Waals surface area contributed by atoms with Crippen molar-refractivity contribution >= 4 is 11.7 Å². The number of nitrogens with zero attached hydrogens (tertiary/aromatic N) is 3. The van der Waals surface area contributed by atoms with Crippen molar-refractivity contribution in [1.29, 1.82) is 5.26 Å². The van der Waals surface area contributed by atoms with Crippen LogP contribution in [-0.4, -0.2) is 22.3 Å². The maximum absolute atomic E-state index is 12.3. The Bertz CT molecular complexity index is 741. The second-order valence-corrected chi connectivity index (χ2v) is 6.05. The second-order valence-electron chi connectivity index (χ2n) is 6.05. The van der Waals surface area contributed by atoms with Crippen molar-refractivity contribution < 1.29 is 9.53 Å². The number of benzene rings is 1. The number of nitrogens with one attached hydrogen (secondary N) is 1. The minimum atomic E-state index is -0.0783. The van der Waals surface area contributed by atoms with Crippen molar-refractivity contribution in [1.82, 2.24) is 9.78 Å². The Hall–Kier alpha value is -2.81. The molecule has 1 amide bonds. The van der Waals surface area contributed by atoms with Crippen LogP contribution in [0.3, 0.4) is 0 Å². The zero-order chi connectivity index (χ0) is 16.9. The van der Waals surface area contributed by atoms with E-state index < -0.39 is 0 Å². The van der Waals surface area contributed by atoms with Gasteiger partial charge in [-0.1, -0.05) is 12.1 Å². The highest BCUT2D eigenvalue weighted by Crippen LogP contribution is 2.40. The summed E-state index contributed by atoms with van der Waals surface area (Å²) in [6.45, 7) is 2.16. The van der Waals surface area contributed by atoms with Gasteiger partial charge in [0.05, 0.1) is 18.7 Å². The fourth-order valence-electron chi connectivity index (χ4n) is 2.71. The molecule has 24 heavy (non-hydrogen) atoms. The van der Waals surface area contributed by atoms with Gasteiger partial charge in [0.25, 0.3) is 0 Å². The van der Waals surface area contributed by atoms with E-state index in [2.05, 4.69) is 17.3 Å². The van der Waals surface area contributed by atoms with Crippen LogP contribution in [-0.2, 0) is 11.2 Å². The summed E-state index contributed by atoms with van der Waals surface area (Å²) in [6, 6.07) is 11.2. The van der Waals surface area contributed by atoms with Crippen LogP contribution < -0.4 is 10.1 Å². The fraction of sp³-hybridized carbons (Fsp3) is 0.389. The van der Waals surface area contributed by atoms with Gasteiger partial charge >= 0.3 is 0 Å². The largest absolute Gasteiger partial charge is 0.479 e. The Labute approximate surface area is 141 Å². The topological polar surface area (TPSA) is 79.9 Å². The Balaban J connectivity index is 1.58. The number of rotatable bonds is 7. The third kappa shape index (κ3) is 3.93. The molecule has 1 aliphatic rings. The van der Waals surface area contributed by atoms with Gasteiger partial charge in [-0.2, -0.15) is 10.4 Å². The molecular weight excluding hydrogens is 304 g/mol. The lowest BCUT2D eigenvalue weighted by Crippen LogP contribution is -2.19. The first kappa shape index (κ1) is 16.1. The van der Waals surface area contributed by atoms with E-state index in [0.717, 1.165) is 11.4 Å². The maximum atomic E-state index is 12.3. The van der Waals surface area contributed by atoms with E-state index in [1.165, 1.54) is 12.8 Å². The summed E-state index contributed by atoms with van der Waals surface area (Å²) in [4.78, 5) is 12.3. The van der Waals surface area contributed by atoms with Gasteiger partial charge < -0.3 is 10.1 Å². The fourth-order valence-corrected chi connectivity index (χ4v) is 2.71. The Morgan fingerprint density at radius 1 is 1.42 bits per heavy atom. The number of aromatic nitrogens is 2. The lowest BCUT2D eigenvalue weighted by Gasteiger charge is -2.15. The average molecular weight is 324 g/mol. The molecule has 0 aliphatic heterocycles. The Morgan fingerprint density at radius 3 is 2.83 bits per heavy atom. The molecule has 6 heteroatoms. The highest BCUT2D eigenvalue weighted by molar-refractivity contribution is 5.91. The van der Waals surface area contributed by atoms with Gasteiger partial charge in [-0.15, -0.1) is 0 Å². The number of carbonyl (C=O) groups is 1. The van der Waals surface area contributed by atoms with Gasteiger partial charge in [-0.05, 0) is 43.4 Å². The van der Waals surface area contributed by atoms with Crippen molar-refractivity contribution in [3.63, 3.8) is 0 Å². The number of carbonyl (C=O) groups excluding carboxylic acids is 1. The average Bonchev–Trinajstić information content (AvgIpc) is 3.33. The Morgan fingerprint density at radius 2 is 2.17 bits per heavy atom. The molecule has 1 aromatic heterocycles. The van der Waals surface area contributed by atoms with Gasteiger partial charge in [0.1, 0.15) is 17.6 Å². The SMILES string of the molecule is C[C@@H](C1CC1)n1nccc1NC(=O)Cc1ccc(OCC#N)cc1. The molecule has 1 aliphatic carbocycles. The van der Waals surface area contributed by atoms with E-state index in [9.17, 15) is 4.79 Å². The number of hydrogen-bond donors (Lipinski definition) is 1. The molecule has 1 saturated carbocycles. The number of hydrogen-bond acceptors (Lipinski definition) is 4. The molecule has 0 bridgehead atoms. The van der Waals surface area contributed by atoms with Crippen LogP contribution in [0.2, 0.25) is 0 Å². The standard InChI is InChI=1S/C18H20N4O2/c1-13(15-4-5-15)22-17(8-10-20-22)21-18(23)12-14-2-6-16(7-3-14)24-11-9-19/h2-3,6-8,10,13,15H,4-5,11-12H2,1H3,(H,21,23)/t13-/m0/s1. The van der Waals surface area contributed by atoms with Crippen molar-refractivity contribution in [3.05, 3.63) is 42.1 Å². The summed E-state index contributed by atoms with van der Waals surface area (Å²) >= 11 is 0. The van der Waals surface area contributed by atoms with E-state index in [1.54, 1.807) is 18.3 Å². The second kappa shape index (κ2) is 7.18. The molecule has 6 nitrogen and oxygen atoms in total. The molecule has 1 heterocycles. The monoisotopic (exact) mass is 324 g/mol. The number of amides is 1. The predicted molar refractivity (Wildman–Crippen MR) is 89.5 cm³/mol. The van der Waals surface area contributed by atoms with Gasteiger partial charge in [-0.3, -0.25) is 4.79 Å². The van der Waals surface area contributed by atoms with E-state index in [-0.39, 0.29) is 18.9 Å². The Kier molecular flexibility index (Phi) is 4.80. The molecule has 0 unspecified atom stereocenters. The van der Waals surface area contributed by atoms with E-state index in [4.69, 9.17) is 10.00 Å². The van der Waals surface area contributed by atoms with Crippen molar-refractivity contribution in [3.8, 4) is 11.8 Å². The normalized spacial score (nSPS) is 14.7. The van der Waals surface area contributed by atoms with Crippen molar-refractivity contribution in [2.45, 2.75) is 32.2 Å². The third-order valence-corrected chi connectivity index (χ3v) is 4.22. The number of nitriles is 1. The lowest BCUT2D eigenvalue weighted by atomic mass is 10.1. The van der Waals surface area contributed by atoms with Crippen molar-refractivity contribution in [2.24, 2.45) is 5.92 Å². The molecule has 3 rings (SSSR count). The van der Waals surface area contributed by atoms with Crippen LogP contribution in [0.25, 0.3) is 0 Å². The summed E-state index contributed by atoms with van der Waals surface area (Å²) < 4.78 is 7.09. The van der Waals surface area contributed by atoms with Crippen LogP contribution in [0.15, 0.2) is 36.5 Å². The van der Waals surface area contributed by atoms with Gasteiger partial charge in [0, 0.05) is 6.07 Å². The summed E-state index contributed by atoms with van der Waals surface area (Å²) in [6.07, 6.45) is 4.46. The molecule has 0 radical (unpaired) electrons. The molecular formula is C18H20N4O2. The summed E-state index contributed by atoms with van der Waals surface area (Å²) in [5.74, 6) is 1.96. The van der Waals surface area contributed by atoms with Crippen LogP contribution in [0.5, 0.6) is 5.75 Å². The number of ether oxygens (including phenoxy) is 1. The molecule has 124 valence electrons. The zero-order valence-electron chi connectivity index (χ0n) is 13.6. The highest BCUT2D eigenvalue weighted by Gasteiger charge is 2.30. The zero-order valence-corrected chi connectivity index (χ0v) is 13.6. The highest BCUT2D eigenvalue weighted by atomic mass is 16.5. The van der Waals surface area contributed by atoms with Crippen LogP contribution in [0.1, 0.15) is 31.4 Å². The third-order valence-electron chi connectivity index (χ3n) is 4.22. The summed E-state index contributed by atoms with van der Waals surface area (Å²) in [5, 5.41) is 15.8.